The number of nitrogens with one attached hydrogen (secondary N) is 1. The molecule has 1 heterocycles. The van der Waals surface area contributed by atoms with Gasteiger partial charge in [0.15, 0.2) is 0 Å². The molecule has 1 aromatic heterocycles. The predicted molar refractivity (Wildman–Crippen MR) is 80.8 cm³/mol. The van der Waals surface area contributed by atoms with Crippen LogP contribution in [0.1, 0.15) is 11.5 Å². The number of fused-ring (bicyclic) bond motifs is 1. The number of hydrogen-bond acceptors (Lipinski definition) is 2. The van der Waals surface area contributed by atoms with Gasteiger partial charge in [0, 0.05) is 5.39 Å². The molecule has 0 aliphatic rings. The minimum Gasteiger partial charge on any atom is -0.387 e. The van der Waals surface area contributed by atoms with Gasteiger partial charge in [0.1, 0.15) is 5.84 Å². The first-order valence-corrected chi connectivity index (χ1v) is 6.55. The Morgan fingerprint density at radius 3 is 2.55 bits per heavy atom. The van der Waals surface area contributed by atoms with Crippen LogP contribution in [0.2, 0.25) is 0 Å². The lowest BCUT2D eigenvalue weighted by atomic mass is 9.98. The molecule has 1 unspecified atom stereocenters. The van der Waals surface area contributed by atoms with Gasteiger partial charge in [0.2, 0.25) is 0 Å². The molecule has 0 aliphatic heterocycles. The monoisotopic (exact) mass is 264 g/mol. The van der Waals surface area contributed by atoms with Gasteiger partial charge in [0.25, 0.3) is 0 Å². The van der Waals surface area contributed by atoms with E-state index < -0.39 is 0 Å². The Labute approximate surface area is 117 Å². The summed E-state index contributed by atoms with van der Waals surface area (Å²) >= 11 is 0. The summed E-state index contributed by atoms with van der Waals surface area (Å²) in [5.74, 6) is 0.00953. The van der Waals surface area contributed by atoms with Gasteiger partial charge in [-0.2, -0.15) is 5.10 Å². The predicted octanol–water partition coefficient (Wildman–Crippen LogP) is 2.76. The first kappa shape index (κ1) is 12.4. The molecule has 0 radical (unpaired) electrons. The Balaban J connectivity index is 1.97. The topological polar surface area (TPSA) is 67.7 Å². The molecular weight excluding hydrogens is 248 g/mol. The van der Waals surface area contributed by atoms with Gasteiger partial charge in [-0.05, 0) is 11.6 Å². The van der Waals surface area contributed by atoms with Crippen LogP contribution in [0.3, 0.4) is 0 Å². The molecule has 1 atom stereocenters. The van der Waals surface area contributed by atoms with Crippen molar-refractivity contribution in [1.29, 1.82) is 5.41 Å². The van der Waals surface area contributed by atoms with Crippen LogP contribution in [0.5, 0.6) is 0 Å². The van der Waals surface area contributed by atoms with Crippen LogP contribution in [-0.2, 0) is 6.54 Å². The summed E-state index contributed by atoms with van der Waals surface area (Å²) in [6.07, 6.45) is 1.84. The first-order chi connectivity index (χ1) is 9.75. The molecule has 3 rings (SSSR count). The van der Waals surface area contributed by atoms with Crippen LogP contribution in [0, 0.1) is 5.41 Å². The second-order valence-electron chi connectivity index (χ2n) is 4.80. The minimum atomic E-state index is -0.153. The minimum absolute atomic E-state index is 0.153. The van der Waals surface area contributed by atoms with Gasteiger partial charge in [-0.1, -0.05) is 48.5 Å². The Kier molecular flexibility index (Phi) is 3.21. The number of amidine groups is 1. The van der Waals surface area contributed by atoms with E-state index in [0.717, 1.165) is 16.5 Å². The molecule has 3 N–H and O–H groups in total. The zero-order valence-electron chi connectivity index (χ0n) is 11.0. The van der Waals surface area contributed by atoms with E-state index in [1.807, 2.05) is 65.5 Å². The first-order valence-electron chi connectivity index (χ1n) is 6.55. The lowest BCUT2D eigenvalue weighted by Crippen LogP contribution is -2.25. The number of hydrogen-bond donors (Lipinski definition) is 2. The molecule has 0 fully saturated rings. The Bertz CT molecular complexity index is 730. The van der Waals surface area contributed by atoms with Gasteiger partial charge in [-0.25, -0.2) is 0 Å². The van der Waals surface area contributed by atoms with Crippen LogP contribution in [0.25, 0.3) is 10.9 Å². The van der Waals surface area contributed by atoms with E-state index in [-0.39, 0.29) is 11.8 Å². The quantitative estimate of drug-likeness (QED) is 0.562. The summed E-state index contributed by atoms with van der Waals surface area (Å²) in [7, 11) is 0. The number of nitrogens with two attached hydrogens (primary N) is 1. The average molecular weight is 264 g/mol. The fraction of sp³-hybridized carbons (Fsp3) is 0.125. The molecule has 100 valence electrons. The van der Waals surface area contributed by atoms with E-state index in [0.29, 0.717) is 6.54 Å². The van der Waals surface area contributed by atoms with Crippen molar-refractivity contribution < 1.29 is 0 Å². The highest BCUT2D eigenvalue weighted by molar-refractivity contribution is 5.85. The molecule has 0 saturated carbocycles. The number of benzene rings is 2. The standard InChI is InChI=1S/C16H16N4/c17-16(18)14(12-6-2-1-3-7-12)11-20-15-9-5-4-8-13(15)10-19-20/h1-10,14H,11H2,(H3,17,18). The maximum Gasteiger partial charge on any atom is 0.100 e. The zero-order chi connectivity index (χ0) is 13.9. The number of para-hydroxylation sites is 1. The number of aromatic nitrogens is 2. The summed E-state index contributed by atoms with van der Waals surface area (Å²) < 4.78 is 1.91. The van der Waals surface area contributed by atoms with Crippen molar-refractivity contribution in [3.8, 4) is 0 Å². The van der Waals surface area contributed by atoms with Crippen LogP contribution in [0.4, 0.5) is 0 Å². The highest BCUT2D eigenvalue weighted by Gasteiger charge is 2.16. The molecular formula is C16H16N4. The third-order valence-electron chi connectivity index (χ3n) is 3.48. The van der Waals surface area contributed by atoms with Crippen molar-refractivity contribution in [2.45, 2.75) is 12.5 Å². The second-order valence-corrected chi connectivity index (χ2v) is 4.80. The number of nitrogens with zero attached hydrogens (tertiary/aromatic N) is 2. The van der Waals surface area contributed by atoms with E-state index in [9.17, 15) is 0 Å². The normalized spacial score (nSPS) is 12.4. The largest absolute Gasteiger partial charge is 0.387 e. The van der Waals surface area contributed by atoms with Gasteiger partial charge < -0.3 is 5.73 Å². The summed E-state index contributed by atoms with van der Waals surface area (Å²) in [5.41, 5.74) is 7.88. The van der Waals surface area contributed by atoms with E-state index in [1.165, 1.54) is 0 Å². The SMILES string of the molecule is N=C(N)C(Cn1ncc2ccccc21)c1ccccc1. The van der Waals surface area contributed by atoms with Gasteiger partial charge >= 0.3 is 0 Å². The van der Waals surface area contributed by atoms with Crippen LogP contribution >= 0.6 is 0 Å². The molecule has 0 bridgehead atoms. The van der Waals surface area contributed by atoms with Crippen molar-refractivity contribution in [2.75, 3.05) is 0 Å². The lowest BCUT2D eigenvalue weighted by molar-refractivity contribution is 0.603. The second kappa shape index (κ2) is 5.17. The van der Waals surface area contributed by atoms with Crippen molar-refractivity contribution >= 4 is 16.7 Å². The van der Waals surface area contributed by atoms with Crippen molar-refractivity contribution in [3.05, 3.63) is 66.4 Å². The van der Waals surface area contributed by atoms with Crippen LogP contribution in [0.15, 0.2) is 60.8 Å². The van der Waals surface area contributed by atoms with Crippen LogP contribution in [-0.4, -0.2) is 15.6 Å². The molecule has 3 aromatic rings. The third-order valence-corrected chi connectivity index (χ3v) is 3.48. The van der Waals surface area contributed by atoms with E-state index >= 15 is 0 Å². The molecule has 0 amide bonds. The van der Waals surface area contributed by atoms with Gasteiger partial charge in [-0.15, -0.1) is 0 Å². The summed E-state index contributed by atoms with van der Waals surface area (Å²) in [4.78, 5) is 0. The fourth-order valence-corrected chi connectivity index (χ4v) is 2.41. The fourth-order valence-electron chi connectivity index (χ4n) is 2.41. The highest BCUT2D eigenvalue weighted by atomic mass is 15.3. The molecule has 0 spiro atoms. The molecule has 2 aromatic carbocycles. The molecule has 0 saturated heterocycles. The maximum absolute atomic E-state index is 7.84. The summed E-state index contributed by atoms with van der Waals surface area (Å²) in [5, 5.41) is 13.3. The Hall–Kier alpha value is -2.62. The van der Waals surface area contributed by atoms with Crippen molar-refractivity contribution in [2.24, 2.45) is 5.73 Å². The molecule has 4 nitrogen and oxygen atoms in total. The Morgan fingerprint density at radius 2 is 1.80 bits per heavy atom. The molecule has 4 heteroatoms. The van der Waals surface area contributed by atoms with Gasteiger partial charge in [0.05, 0.1) is 24.2 Å². The smallest absolute Gasteiger partial charge is 0.100 e. The van der Waals surface area contributed by atoms with E-state index in [2.05, 4.69) is 5.10 Å². The van der Waals surface area contributed by atoms with Crippen molar-refractivity contribution in [3.63, 3.8) is 0 Å². The third kappa shape index (κ3) is 2.28. The zero-order valence-corrected chi connectivity index (χ0v) is 11.0. The Morgan fingerprint density at radius 1 is 1.10 bits per heavy atom. The van der Waals surface area contributed by atoms with E-state index in [1.54, 1.807) is 0 Å². The van der Waals surface area contributed by atoms with Gasteiger partial charge in [-0.3, -0.25) is 10.1 Å². The highest BCUT2D eigenvalue weighted by Crippen LogP contribution is 2.20. The average Bonchev–Trinajstić information content (AvgIpc) is 2.88. The molecule has 20 heavy (non-hydrogen) atoms. The lowest BCUT2D eigenvalue weighted by Gasteiger charge is -2.16. The van der Waals surface area contributed by atoms with Crippen LogP contribution < -0.4 is 5.73 Å². The molecule has 0 aliphatic carbocycles. The summed E-state index contributed by atoms with van der Waals surface area (Å²) in [6, 6.07) is 17.9. The number of rotatable bonds is 4. The summed E-state index contributed by atoms with van der Waals surface area (Å²) in [6.45, 7) is 0.576. The van der Waals surface area contributed by atoms with E-state index in [4.69, 9.17) is 11.1 Å². The maximum atomic E-state index is 7.84. The van der Waals surface area contributed by atoms with Crippen molar-refractivity contribution in [1.82, 2.24) is 9.78 Å².